The first-order valence-electron chi connectivity index (χ1n) is 2.98. The summed E-state index contributed by atoms with van der Waals surface area (Å²) < 4.78 is 11.5. The van der Waals surface area contributed by atoms with Crippen LogP contribution in [0.3, 0.4) is 0 Å². The molecule has 0 aromatic heterocycles. The molecule has 6 heteroatoms. The molecule has 0 aromatic rings. The molecule has 1 atom stereocenters. The minimum atomic E-state index is -0.544. The van der Waals surface area contributed by atoms with E-state index in [1.165, 1.54) is 12.4 Å². The Morgan fingerprint density at radius 2 is 2.00 bits per heavy atom. The summed E-state index contributed by atoms with van der Waals surface area (Å²) in [5, 5.41) is 10.1. The molecular weight excluding hydrogens is 373 g/mol. The summed E-state index contributed by atoms with van der Waals surface area (Å²) in [4.78, 5) is 0. The topological polar surface area (TPSA) is 41.5 Å². The molecule has 0 amide bonds. The van der Waals surface area contributed by atoms with Crippen molar-refractivity contribution >= 4 is 0 Å². The van der Waals surface area contributed by atoms with Gasteiger partial charge in [0.05, 0.1) is 12.7 Å². The molecule has 0 aromatic carbocycles. The van der Waals surface area contributed by atoms with Gasteiger partial charge in [0.2, 0.25) is 0 Å². The van der Waals surface area contributed by atoms with Gasteiger partial charge in [0.25, 0.3) is 0 Å². The minimum Gasteiger partial charge on any atom is -0.389 e. The largest absolute Gasteiger partial charge is 0.389 e. The molecule has 0 aliphatic carbocycles. The summed E-state index contributed by atoms with van der Waals surface area (Å²) >= 11 is 0. The van der Waals surface area contributed by atoms with Crippen LogP contribution in [0.1, 0.15) is 0 Å². The van der Waals surface area contributed by atoms with Gasteiger partial charge in [-0.3, -0.25) is 0 Å². The first-order chi connectivity index (χ1) is 4.16. The average molecular weight is 387 g/mol. The van der Waals surface area contributed by atoms with Crippen molar-refractivity contribution in [1.82, 2.24) is 5.31 Å². The number of rotatable bonds is 4. The maximum Gasteiger partial charge on any atom is 0.122 e. The number of aliphatic hydroxyl groups excluding tert-OH is 1. The fourth-order valence-electron chi connectivity index (χ4n) is 0.456. The van der Waals surface area contributed by atoms with Gasteiger partial charge in [-0.15, -0.1) is 0 Å². The van der Waals surface area contributed by atoms with Crippen molar-refractivity contribution in [3.05, 3.63) is 0 Å². The number of likely N-dealkylation sites (N-methyl/N-ethyl adjacent to an activating group) is 1. The second-order valence-electron chi connectivity index (χ2n) is 1.61. The Labute approximate surface area is 145 Å². The van der Waals surface area contributed by atoms with Crippen molar-refractivity contribution < 1.29 is 109 Å². The van der Waals surface area contributed by atoms with Crippen LogP contribution in [0.5, 0.6) is 0 Å². The Hall–Kier alpha value is 3.19. The maximum absolute atomic E-state index is 8.93. The van der Waals surface area contributed by atoms with Gasteiger partial charge in [-0.2, -0.15) is 0 Å². The number of aliphatic hydroxyl groups is 1. The van der Waals surface area contributed by atoms with Crippen LogP contribution in [0.4, 0.5) is 0 Å². The zero-order chi connectivity index (χ0) is 7.28. The second-order valence-corrected chi connectivity index (χ2v) is 1.61. The van der Waals surface area contributed by atoms with E-state index in [4.69, 9.17) is 6.52 Å². The van der Waals surface area contributed by atoms with Gasteiger partial charge < -0.3 is 15.2 Å². The fourth-order valence-corrected chi connectivity index (χ4v) is 0.456. The minimum absolute atomic E-state index is 0. The molecule has 0 saturated heterocycles. The number of methoxy groups -OCH3 is 1. The van der Waals surface area contributed by atoms with Gasteiger partial charge >= 0.3 is 0 Å². The average Bonchev–Trinajstić information content (AvgIpc) is 1.63. The summed E-state index contributed by atoms with van der Waals surface area (Å²) in [5.74, 6) is 0. The number of hydrogen-bond donors (Lipinski definition) is 2. The van der Waals surface area contributed by atoms with Crippen LogP contribution in [-0.4, -0.2) is 38.5 Å². The third kappa shape index (κ3) is 19.6. The van der Waals surface area contributed by atoms with Crippen molar-refractivity contribution in [1.29, 1.82) is 0 Å². The monoisotopic (exact) mass is 387 g/mol. The fraction of sp³-hybridized carbons (Fsp3) is 1.00. The van der Waals surface area contributed by atoms with Gasteiger partial charge in [0.1, 0.15) is 1.41 Å². The summed E-state index contributed by atoms with van der Waals surface area (Å²) in [6.07, 6.45) is -0.544. The number of nitrogens with one attached hydrogen (secondary N) is 1. The van der Waals surface area contributed by atoms with Crippen LogP contribution in [-0.2, 0) is 103 Å². The van der Waals surface area contributed by atoms with Crippen molar-refractivity contribution in [2.45, 2.75) is 6.10 Å². The first-order valence-corrected chi connectivity index (χ1v) is 2.54. The molecule has 0 saturated carbocycles. The van der Waals surface area contributed by atoms with E-state index >= 15 is 0 Å². The third-order valence-corrected chi connectivity index (χ3v) is 0.752. The van der Waals surface area contributed by atoms with Gasteiger partial charge in [0, 0.05) is 112 Å². The van der Waals surface area contributed by atoms with Crippen molar-refractivity contribution in [3.63, 3.8) is 0 Å². The van der Waals surface area contributed by atoms with E-state index in [9.17, 15) is 0 Å². The number of ether oxygens (including phenoxy) is 1. The predicted molar refractivity (Wildman–Crippen MR) is 31.8 cm³/mol. The molecule has 0 aliphatic heterocycles. The molecule has 0 rings (SSSR count). The van der Waals surface area contributed by atoms with Crippen molar-refractivity contribution in [3.8, 4) is 0 Å². The normalized spacial score (nSPS) is 11.8. The van der Waals surface area contributed by atoms with E-state index in [1.807, 2.05) is 0 Å². The molecule has 59 valence electrons. The van der Waals surface area contributed by atoms with Crippen LogP contribution in [0.15, 0.2) is 0 Å². The van der Waals surface area contributed by atoms with E-state index < -0.39 is 6.10 Å². The molecule has 1 unspecified atom stereocenters. The summed E-state index contributed by atoms with van der Waals surface area (Å²) in [6.45, 7) is 0.622. The Bertz CT molecular complexity index is 79.7. The van der Waals surface area contributed by atoms with Crippen LogP contribution in [0.25, 0.3) is 0 Å². The standard InChI is InChI=1S/C5H13NO2.3Y/c1-6-3-5(7)4-8-2;;;/h5-7H,3-4H2,1-2H3;;;/i/hD. The molecule has 0 fully saturated rings. The summed E-state index contributed by atoms with van der Waals surface area (Å²) in [5.41, 5.74) is 0. The van der Waals surface area contributed by atoms with E-state index in [1.54, 1.807) is 7.05 Å². The molecule has 11 heavy (non-hydrogen) atoms. The van der Waals surface area contributed by atoms with Gasteiger partial charge in [-0.25, -0.2) is 0 Å². The molecule has 0 heterocycles. The molecule has 0 aliphatic rings. The van der Waals surface area contributed by atoms with Gasteiger partial charge in [-0.1, -0.05) is 0 Å². The Morgan fingerprint density at radius 3 is 2.27 bits per heavy atom. The summed E-state index contributed by atoms with van der Waals surface area (Å²) in [6, 6.07) is 0. The van der Waals surface area contributed by atoms with Crippen molar-refractivity contribution in [2.24, 2.45) is 0 Å². The summed E-state index contributed by atoms with van der Waals surface area (Å²) in [7, 11) is 3.10. The van der Waals surface area contributed by atoms with Crippen LogP contribution >= 0.6 is 0 Å². The SMILES string of the molecule is [2H]N(C)CC(O)COC.[Y].[Y].[Y]. The zero-order valence-corrected chi connectivity index (χ0v) is 15.5. The van der Waals surface area contributed by atoms with E-state index in [0.29, 0.717) is 13.2 Å². The van der Waals surface area contributed by atoms with E-state index in [-0.39, 0.29) is 98.1 Å². The smallest absolute Gasteiger partial charge is 0.122 e. The zero-order valence-electron chi connectivity index (χ0n) is 8.03. The Morgan fingerprint density at radius 1 is 1.55 bits per heavy atom. The maximum atomic E-state index is 8.93. The first kappa shape index (κ1) is 19.7. The van der Waals surface area contributed by atoms with Crippen molar-refractivity contribution in [2.75, 3.05) is 27.3 Å². The van der Waals surface area contributed by atoms with Crippen LogP contribution in [0.2, 0.25) is 1.41 Å². The van der Waals surface area contributed by atoms with E-state index in [0.717, 1.165) is 0 Å². The van der Waals surface area contributed by atoms with Crippen LogP contribution in [0, 0.1) is 0 Å². The molecule has 0 spiro atoms. The van der Waals surface area contributed by atoms with Gasteiger partial charge in [0.15, 0.2) is 0 Å². The molecular formula is C5H13NO2Y3. The van der Waals surface area contributed by atoms with Gasteiger partial charge in [-0.05, 0) is 7.05 Å². The second kappa shape index (κ2) is 18.9. The van der Waals surface area contributed by atoms with Crippen LogP contribution < -0.4 is 5.31 Å². The predicted octanol–water partition coefficient (Wildman–Crippen LogP) is -0.794. The third-order valence-electron chi connectivity index (χ3n) is 0.752. The van der Waals surface area contributed by atoms with E-state index in [2.05, 4.69) is 4.74 Å². The number of hydrogen-bond acceptors (Lipinski definition) is 3. The Kier molecular flexibility index (Phi) is 33.8. The molecule has 2 N–H and O–H groups in total. The molecule has 3 radical (unpaired) electrons. The molecule has 3 nitrogen and oxygen atoms in total. The molecule has 0 bridgehead atoms. The quantitative estimate of drug-likeness (QED) is 0.665. The Balaban J connectivity index is -0.000000107.